The Hall–Kier alpha value is -5.55. The number of hydrogen-bond donors (Lipinski definition) is 0. The fourth-order valence-electron chi connectivity index (χ4n) is 6.24. The van der Waals surface area contributed by atoms with Crippen molar-refractivity contribution in [3.63, 3.8) is 0 Å². The summed E-state index contributed by atoms with van der Waals surface area (Å²) in [7, 11) is 0. The minimum absolute atomic E-state index is 0. The second-order valence-electron chi connectivity index (χ2n) is 11.9. The first kappa shape index (κ1) is 32.0. The number of benzene rings is 4. The maximum absolute atomic E-state index is 6.52. The van der Waals surface area contributed by atoms with Gasteiger partial charge >= 0.3 is 0 Å². The Kier molecular flexibility index (Phi) is 8.83. The maximum atomic E-state index is 6.52. The van der Waals surface area contributed by atoms with E-state index in [0.29, 0.717) is 0 Å². The van der Waals surface area contributed by atoms with Crippen LogP contribution < -0.4 is 0 Å². The van der Waals surface area contributed by atoms with Crippen LogP contribution in [0.15, 0.2) is 132 Å². The fraction of sp³-hybridized carbons (Fsp3) is 0.0698. The van der Waals surface area contributed by atoms with E-state index in [0.717, 1.165) is 77.6 Å². The fourth-order valence-corrected chi connectivity index (χ4v) is 6.24. The largest absolute Gasteiger partial charge is 0.498 e. The summed E-state index contributed by atoms with van der Waals surface area (Å²) < 4.78 is 6.52. The molecule has 5 aromatic heterocycles. The third-order valence-corrected chi connectivity index (χ3v) is 8.68. The average Bonchev–Trinajstić information content (AvgIpc) is 3.52. The van der Waals surface area contributed by atoms with Crippen LogP contribution in [0.4, 0.5) is 0 Å². The molecule has 9 aromatic rings. The van der Waals surface area contributed by atoms with Crippen LogP contribution in [0.1, 0.15) is 16.8 Å². The van der Waals surface area contributed by atoms with Crippen molar-refractivity contribution in [3.8, 4) is 33.6 Å². The second-order valence-corrected chi connectivity index (χ2v) is 11.9. The van der Waals surface area contributed by atoms with Gasteiger partial charge < -0.3 is 14.4 Å². The first-order chi connectivity index (χ1) is 23.5. The van der Waals surface area contributed by atoms with E-state index in [2.05, 4.69) is 84.5 Å². The van der Waals surface area contributed by atoms with Gasteiger partial charge in [-0.15, -0.1) is 54.1 Å². The normalized spacial score (nSPS) is 11.0. The van der Waals surface area contributed by atoms with Crippen LogP contribution in [0.5, 0.6) is 0 Å². The van der Waals surface area contributed by atoms with Gasteiger partial charge in [0.2, 0.25) is 0 Å². The molecule has 0 spiro atoms. The number of pyridine rings is 4. The SMILES string of the molecule is Cc1ccc2ccc3c4cc[c-]c(-c5cc(-c6cc7ccncc7cc6C)c(C)cn5)c4oc3c2n1.[Ir].[c-]1ccccc1-c1ccccn1. The Morgan fingerprint density at radius 1 is 0.592 bits per heavy atom. The molecule has 5 nitrogen and oxygen atoms in total. The number of furan rings is 1. The number of fused-ring (bicyclic) bond motifs is 6. The molecule has 5 heterocycles. The van der Waals surface area contributed by atoms with Crippen LogP contribution in [-0.2, 0) is 20.1 Å². The van der Waals surface area contributed by atoms with Gasteiger partial charge in [0.25, 0.3) is 0 Å². The van der Waals surface area contributed by atoms with E-state index in [4.69, 9.17) is 14.4 Å². The molecule has 0 amide bonds. The van der Waals surface area contributed by atoms with Crippen LogP contribution in [-0.4, -0.2) is 19.9 Å². The van der Waals surface area contributed by atoms with Crippen LogP contribution in [0, 0.1) is 32.9 Å². The average molecular weight is 811 g/mol. The summed E-state index contributed by atoms with van der Waals surface area (Å²) in [6.45, 7) is 6.25. The summed E-state index contributed by atoms with van der Waals surface area (Å²) in [6, 6.07) is 41.2. The van der Waals surface area contributed by atoms with Gasteiger partial charge in [0.05, 0.1) is 5.58 Å². The monoisotopic (exact) mass is 811 g/mol. The molecule has 9 rings (SSSR count). The van der Waals surface area contributed by atoms with E-state index in [1.54, 1.807) is 6.20 Å². The van der Waals surface area contributed by atoms with Gasteiger partial charge in [0, 0.05) is 66.7 Å². The molecule has 6 heteroatoms. The Bertz CT molecular complexity index is 2560. The third kappa shape index (κ3) is 6.13. The quantitative estimate of drug-likeness (QED) is 0.166. The van der Waals surface area contributed by atoms with Crippen LogP contribution in [0.25, 0.3) is 77.3 Å². The number of aromatic nitrogens is 4. The van der Waals surface area contributed by atoms with Crippen molar-refractivity contribution >= 4 is 43.6 Å². The van der Waals surface area contributed by atoms with Crippen molar-refractivity contribution in [1.82, 2.24) is 19.9 Å². The van der Waals surface area contributed by atoms with Crippen molar-refractivity contribution in [2.24, 2.45) is 0 Å². The summed E-state index contributed by atoms with van der Waals surface area (Å²) in [4.78, 5) is 18.1. The van der Waals surface area contributed by atoms with Crippen LogP contribution in [0.2, 0.25) is 0 Å². The van der Waals surface area contributed by atoms with Crippen LogP contribution in [0.3, 0.4) is 0 Å². The molecular weight excluding hydrogens is 781 g/mol. The molecule has 0 saturated carbocycles. The van der Waals surface area contributed by atoms with Crippen molar-refractivity contribution in [2.45, 2.75) is 20.8 Å². The molecule has 4 aromatic carbocycles. The van der Waals surface area contributed by atoms with Gasteiger partial charge in [0.1, 0.15) is 11.1 Å². The molecule has 0 saturated heterocycles. The van der Waals surface area contributed by atoms with Gasteiger partial charge in [-0.1, -0.05) is 47.3 Å². The number of aryl methyl sites for hydroxylation is 3. The van der Waals surface area contributed by atoms with E-state index in [1.807, 2.05) is 80.1 Å². The van der Waals surface area contributed by atoms with E-state index in [-0.39, 0.29) is 20.1 Å². The number of hydrogen-bond acceptors (Lipinski definition) is 5. The van der Waals surface area contributed by atoms with Gasteiger partial charge in [-0.2, -0.15) is 0 Å². The molecule has 0 unspecified atom stereocenters. The number of nitrogens with zero attached hydrogens (tertiary/aromatic N) is 4. The Morgan fingerprint density at radius 2 is 1.43 bits per heavy atom. The summed E-state index contributed by atoms with van der Waals surface area (Å²) >= 11 is 0. The Balaban J connectivity index is 0.000000246. The molecule has 0 atom stereocenters. The van der Waals surface area contributed by atoms with E-state index < -0.39 is 0 Å². The predicted molar refractivity (Wildman–Crippen MR) is 195 cm³/mol. The van der Waals surface area contributed by atoms with Gasteiger partial charge in [-0.25, -0.2) is 4.98 Å². The zero-order chi connectivity index (χ0) is 32.6. The van der Waals surface area contributed by atoms with E-state index in [1.165, 1.54) is 16.5 Å². The molecule has 0 aliphatic rings. The van der Waals surface area contributed by atoms with Crippen molar-refractivity contribution in [3.05, 3.63) is 157 Å². The Morgan fingerprint density at radius 3 is 2.27 bits per heavy atom. The van der Waals surface area contributed by atoms with Gasteiger partial charge in [-0.3, -0.25) is 4.98 Å². The first-order valence-electron chi connectivity index (χ1n) is 15.9. The van der Waals surface area contributed by atoms with E-state index >= 15 is 0 Å². The van der Waals surface area contributed by atoms with Gasteiger partial charge in [-0.05, 0) is 90.1 Å². The topological polar surface area (TPSA) is 64.7 Å². The zero-order valence-electron chi connectivity index (χ0n) is 27.2. The zero-order valence-corrected chi connectivity index (χ0v) is 29.5. The van der Waals surface area contributed by atoms with Crippen LogP contribution >= 0.6 is 0 Å². The minimum atomic E-state index is 0. The number of rotatable bonds is 3. The predicted octanol–water partition coefficient (Wildman–Crippen LogP) is 10.7. The first-order valence-corrected chi connectivity index (χ1v) is 15.9. The van der Waals surface area contributed by atoms with E-state index in [9.17, 15) is 0 Å². The summed E-state index contributed by atoms with van der Waals surface area (Å²) in [5, 5.41) is 5.47. The molecular formula is C43H30IrN4O-2. The van der Waals surface area contributed by atoms with Gasteiger partial charge in [0.15, 0.2) is 0 Å². The minimum Gasteiger partial charge on any atom is -0.498 e. The molecule has 0 N–H and O–H groups in total. The molecule has 0 fully saturated rings. The second kappa shape index (κ2) is 13.5. The molecule has 49 heavy (non-hydrogen) atoms. The molecule has 0 aliphatic carbocycles. The molecule has 1 radical (unpaired) electrons. The molecule has 239 valence electrons. The van der Waals surface area contributed by atoms with Crippen molar-refractivity contribution in [2.75, 3.05) is 0 Å². The van der Waals surface area contributed by atoms with Crippen molar-refractivity contribution in [1.29, 1.82) is 0 Å². The molecule has 0 aliphatic heterocycles. The van der Waals surface area contributed by atoms with Crippen molar-refractivity contribution < 1.29 is 24.5 Å². The third-order valence-electron chi connectivity index (χ3n) is 8.68. The summed E-state index contributed by atoms with van der Waals surface area (Å²) in [6.07, 6.45) is 7.48. The summed E-state index contributed by atoms with van der Waals surface area (Å²) in [5.41, 5.74) is 11.8. The summed E-state index contributed by atoms with van der Waals surface area (Å²) in [5.74, 6) is 0. The standard InChI is InChI=1S/C32H22N3O.C11H8N.Ir/c1-18-13-23-17-33-12-11-22(23)14-27(18)28-15-29(34-16-19(28)2)26-6-4-5-24-25-10-9-21-8-7-20(3)35-30(21)32(25)36-31(24)26;1-2-6-10(7-3-1)11-8-4-5-9-12-11;/h4-5,7-17H,1-3H3;1-6,8-9H;/q2*-1;. The maximum Gasteiger partial charge on any atom is 0.147 e. The smallest absolute Gasteiger partial charge is 0.147 e. The Labute approximate surface area is 298 Å². The molecule has 0 bridgehead atoms.